The topological polar surface area (TPSA) is 107 Å². The van der Waals surface area contributed by atoms with Crippen LogP contribution in [0.3, 0.4) is 0 Å². The van der Waals surface area contributed by atoms with Crippen molar-refractivity contribution in [1.29, 1.82) is 0 Å². The molecule has 0 aliphatic carbocycles. The minimum Gasteiger partial charge on any atom is -0.476 e. The summed E-state index contributed by atoms with van der Waals surface area (Å²) in [7, 11) is 1.66. The Balaban J connectivity index is 2.21. The molecule has 7 nitrogen and oxygen atoms in total. The van der Waals surface area contributed by atoms with E-state index in [9.17, 15) is 4.79 Å². The van der Waals surface area contributed by atoms with E-state index >= 15 is 0 Å². The average Bonchev–Trinajstić information content (AvgIpc) is 3.09. The number of oxazole rings is 1. The van der Waals surface area contributed by atoms with Crippen LogP contribution in [0.15, 0.2) is 35.1 Å². The average molecular weight is 298 g/mol. The van der Waals surface area contributed by atoms with Crippen molar-refractivity contribution < 1.29 is 14.3 Å². The quantitative estimate of drug-likeness (QED) is 0.768. The van der Waals surface area contributed by atoms with E-state index in [0.29, 0.717) is 11.6 Å². The van der Waals surface area contributed by atoms with Crippen LogP contribution in [0.5, 0.6) is 0 Å². The largest absolute Gasteiger partial charge is 0.476 e. The Kier molecular flexibility index (Phi) is 3.17. The van der Waals surface area contributed by atoms with E-state index in [1.165, 1.54) is 10.9 Å². The van der Waals surface area contributed by atoms with Gasteiger partial charge in [0.25, 0.3) is 0 Å². The fourth-order valence-corrected chi connectivity index (χ4v) is 2.39. The molecule has 112 valence electrons. The van der Waals surface area contributed by atoms with Crippen LogP contribution < -0.4 is 5.73 Å². The summed E-state index contributed by atoms with van der Waals surface area (Å²) in [4.78, 5) is 15.3. The lowest BCUT2D eigenvalue weighted by molar-refractivity contribution is 0.0690. The number of carboxylic acid groups (broad SMARTS) is 1. The van der Waals surface area contributed by atoms with Gasteiger partial charge in [-0.25, -0.2) is 9.78 Å². The number of hydrogen-bond acceptors (Lipinski definition) is 5. The second-order valence-corrected chi connectivity index (χ2v) is 4.91. The van der Waals surface area contributed by atoms with Crippen LogP contribution in [0, 0.1) is 6.92 Å². The van der Waals surface area contributed by atoms with E-state index in [0.717, 1.165) is 16.7 Å². The highest BCUT2D eigenvalue weighted by molar-refractivity contribution is 5.96. The maximum absolute atomic E-state index is 11.2. The molecule has 3 aromatic rings. The number of nitrogen functional groups attached to an aromatic ring is 1. The van der Waals surface area contributed by atoms with Crippen LogP contribution >= 0.6 is 0 Å². The number of aryl methyl sites for hydroxylation is 2. The monoisotopic (exact) mass is 298 g/mol. The van der Waals surface area contributed by atoms with Crippen LogP contribution in [0.2, 0.25) is 0 Å². The minimum atomic E-state index is -1.15. The SMILES string of the molecule is Cc1ccc(-c2ncco2)cc1-c1c(N)c(C(=O)O)nn1C. The molecule has 2 heterocycles. The zero-order valence-corrected chi connectivity index (χ0v) is 12.1. The summed E-state index contributed by atoms with van der Waals surface area (Å²) in [6, 6.07) is 5.65. The third-order valence-electron chi connectivity index (χ3n) is 3.46. The highest BCUT2D eigenvalue weighted by atomic mass is 16.4. The number of carboxylic acids is 1. The molecule has 0 aliphatic heterocycles. The lowest BCUT2D eigenvalue weighted by Gasteiger charge is -2.09. The van der Waals surface area contributed by atoms with E-state index in [2.05, 4.69) is 10.1 Å². The third-order valence-corrected chi connectivity index (χ3v) is 3.46. The summed E-state index contributed by atoms with van der Waals surface area (Å²) >= 11 is 0. The van der Waals surface area contributed by atoms with Gasteiger partial charge >= 0.3 is 5.97 Å². The Bertz CT molecular complexity index is 850. The number of aromatic carboxylic acids is 1. The molecule has 3 N–H and O–H groups in total. The molecule has 1 aromatic carbocycles. The number of hydrogen-bond donors (Lipinski definition) is 2. The van der Waals surface area contributed by atoms with Crippen LogP contribution in [0.1, 0.15) is 16.1 Å². The van der Waals surface area contributed by atoms with Gasteiger partial charge in [-0.05, 0) is 24.6 Å². The maximum Gasteiger partial charge on any atom is 0.358 e. The van der Waals surface area contributed by atoms with Crippen molar-refractivity contribution in [3.05, 3.63) is 41.9 Å². The Morgan fingerprint density at radius 2 is 2.18 bits per heavy atom. The van der Waals surface area contributed by atoms with Crippen molar-refractivity contribution in [3.8, 4) is 22.7 Å². The number of rotatable bonds is 3. The van der Waals surface area contributed by atoms with E-state index < -0.39 is 5.97 Å². The maximum atomic E-state index is 11.2. The summed E-state index contributed by atoms with van der Waals surface area (Å²) in [5.41, 5.74) is 9.03. The summed E-state index contributed by atoms with van der Waals surface area (Å²) in [6.07, 6.45) is 3.06. The van der Waals surface area contributed by atoms with Crippen molar-refractivity contribution in [2.45, 2.75) is 6.92 Å². The summed E-state index contributed by atoms with van der Waals surface area (Å²) in [5, 5.41) is 13.1. The number of anilines is 1. The molecule has 3 rings (SSSR count). The van der Waals surface area contributed by atoms with Crippen molar-refractivity contribution >= 4 is 11.7 Å². The van der Waals surface area contributed by atoms with Gasteiger partial charge in [-0.2, -0.15) is 5.10 Å². The molecule has 0 amide bonds. The molecular formula is C15H14N4O3. The molecule has 0 bridgehead atoms. The molecule has 0 fully saturated rings. The van der Waals surface area contributed by atoms with Crippen molar-refractivity contribution in [3.63, 3.8) is 0 Å². The van der Waals surface area contributed by atoms with Crippen molar-refractivity contribution in [1.82, 2.24) is 14.8 Å². The summed E-state index contributed by atoms with van der Waals surface area (Å²) in [6.45, 7) is 1.92. The van der Waals surface area contributed by atoms with Gasteiger partial charge in [-0.15, -0.1) is 0 Å². The predicted octanol–water partition coefficient (Wildman–Crippen LogP) is 2.33. The first-order valence-corrected chi connectivity index (χ1v) is 6.55. The third kappa shape index (κ3) is 2.12. The van der Waals surface area contributed by atoms with E-state index in [1.54, 1.807) is 13.2 Å². The number of carbonyl (C=O) groups is 1. The van der Waals surface area contributed by atoms with Crippen molar-refractivity contribution in [2.24, 2.45) is 7.05 Å². The van der Waals surface area contributed by atoms with Crippen LogP contribution in [-0.4, -0.2) is 25.8 Å². The first kappa shape index (κ1) is 13.9. The molecule has 22 heavy (non-hydrogen) atoms. The standard InChI is InChI=1S/C15H14N4O3/c1-8-3-4-9(14-17-5-6-22-14)7-10(8)13-11(16)12(15(20)21)18-19(13)2/h3-7H,16H2,1-2H3,(H,20,21). The zero-order valence-electron chi connectivity index (χ0n) is 12.1. The second-order valence-electron chi connectivity index (χ2n) is 4.91. The van der Waals surface area contributed by atoms with Crippen LogP contribution in [-0.2, 0) is 7.05 Å². The molecule has 0 saturated carbocycles. The van der Waals surface area contributed by atoms with Crippen LogP contribution in [0.4, 0.5) is 5.69 Å². The Morgan fingerprint density at radius 3 is 2.77 bits per heavy atom. The first-order chi connectivity index (χ1) is 10.5. The molecule has 0 aliphatic rings. The molecular weight excluding hydrogens is 284 g/mol. The molecule has 0 unspecified atom stereocenters. The fourth-order valence-electron chi connectivity index (χ4n) is 2.39. The number of aromatic nitrogens is 3. The van der Waals surface area contributed by atoms with Gasteiger partial charge in [0, 0.05) is 18.2 Å². The Hall–Kier alpha value is -3.09. The molecule has 7 heteroatoms. The molecule has 2 aromatic heterocycles. The molecule has 0 spiro atoms. The molecule has 0 radical (unpaired) electrons. The van der Waals surface area contributed by atoms with Crippen molar-refractivity contribution in [2.75, 3.05) is 5.73 Å². The number of benzene rings is 1. The van der Waals surface area contributed by atoms with Gasteiger partial charge in [-0.1, -0.05) is 6.07 Å². The summed E-state index contributed by atoms with van der Waals surface area (Å²) < 4.78 is 6.77. The highest BCUT2D eigenvalue weighted by Crippen LogP contribution is 2.33. The van der Waals surface area contributed by atoms with E-state index in [1.807, 2.05) is 25.1 Å². The summed E-state index contributed by atoms with van der Waals surface area (Å²) in [5.74, 6) is -0.665. The van der Waals surface area contributed by atoms with Gasteiger partial charge in [0.1, 0.15) is 6.26 Å². The fraction of sp³-hybridized carbons (Fsp3) is 0.133. The highest BCUT2D eigenvalue weighted by Gasteiger charge is 2.21. The van der Waals surface area contributed by atoms with Crippen LogP contribution in [0.25, 0.3) is 22.7 Å². The Labute approximate surface area is 126 Å². The molecule has 0 saturated heterocycles. The van der Waals surface area contributed by atoms with E-state index in [-0.39, 0.29) is 11.4 Å². The van der Waals surface area contributed by atoms with Gasteiger partial charge in [-0.3, -0.25) is 4.68 Å². The van der Waals surface area contributed by atoms with Gasteiger partial charge in [0.2, 0.25) is 5.89 Å². The minimum absolute atomic E-state index is 0.141. The normalized spacial score (nSPS) is 10.8. The van der Waals surface area contributed by atoms with E-state index in [4.69, 9.17) is 15.3 Å². The zero-order chi connectivity index (χ0) is 15.9. The number of nitrogens with two attached hydrogens (primary N) is 1. The second kappa shape index (κ2) is 5.03. The van der Waals surface area contributed by atoms with Gasteiger partial charge in [0.15, 0.2) is 5.69 Å². The first-order valence-electron chi connectivity index (χ1n) is 6.55. The lowest BCUT2D eigenvalue weighted by atomic mass is 10.0. The Morgan fingerprint density at radius 1 is 1.41 bits per heavy atom. The number of nitrogens with zero attached hydrogens (tertiary/aromatic N) is 3. The van der Waals surface area contributed by atoms with Gasteiger partial charge in [0.05, 0.1) is 17.6 Å². The lowest BCUT2D eigenvalue weighted by Crippen LogP contribution is -2.01. The van der Waals surface area contributed by atoms with Gasteiger partial charge < -0.3 is 15.3 Å². The predicted molar refractivity (Wildman–Crippen MR) is 80.2 cm³/mol. The smallest absolute Gasteiger partial charge is 0.358 e. The molecule has 0 atom stereocenters.